The van der Waals surface area contributed by atoms with Crippen LogP contribution in [0.1, 0.15) is 42.0 Å². The van der Waals surface area contributed by atoms with E-state index in [0.29, 0.717) is 25.6 Å². The maximum atomic E-state index is 11.1. The Morgan fingerprint density at radius 2 is 1.56 bits per heavy atom. The number of aromatic nitrogens is 2. The predicted molar refractivity (Wildman–Crippen MR) is 127 cm³/mol. The molecule has 0 radical (unpaired) electrons. The molecule has 0 aliphatic carbocycles. The molecular formula is C27H30N2O3. The monoisotopic (exact) mass is 430 g/mol. The van der Waals surface area contributed by atoms with Crippen molar-refractivity contribution in [2.75, 3.05) is 13.2 Å². The van der Waals surface area contributed by atoms with Gasteiger partial charge in [0.15, 0.2) is 11.5 Å². The van der Waals surface area contributed by atoms with Gasteiger partial charge < -0.3 is 19.1 Å². The molecule has 0 aliphatic rings. The van der Waals surface area contributed by atoms with Crippen molar-refractivity contribution in [3.8, 4) is 11.5 Å². The van der Waals surface area contributed by atoms with Gasteiger partial charge in [0.05, 0.1) is 24.2 Å². The standard InChI is InChI=1S/C27H30N2O3/c1-4-31-24-13-8-9-14-25(24)32-16-10-15-29-23-18-20(3)19(2)17-22(23)28-27(29)26(30)21-11-6-5-7-12-21/h5-9,11-14,17-18,26,30H,4,10,15-16H2,1-3H3. The summed E-state index contributed by atoms with van der Waals surface area (Å²) in [5.41, 5.74) is 5.17. The highest BCUT2D eigenvalue weighted by Crippen LogP contribution is 2.29. The molecular weight excluding hydrogens is 400 g/mol. The number of aliphatic hydroxyl groups is 1. The zero-order chi connectivity index (χ0) is 22.5. The lowest BCUT2D eigenvalue weighted by atomic mass is 10.1. The highest BCUT2D eigenvalue weighted by molar-refractivity contribution is 5.78. The largest absolute Gasteiger partial charge is 0.490 e. The average Bonchev–Trinajstić information content (AvgIpc) is 3.15. The zero-order valence-corrected chi connectivity index (χ0v) is 18.9. The summed E-state index contributed by atoms with van der Waals surface area (Å²) in [6, 6.07) is 21.7. The van der Waals surface area contributed by atoms with Gasteiger partial charge in [-0.15, -0.1) is 0 Å². The van der Waals surface area contributed by atoms with Crippen LogP contribution in [0.5, 0.6) is 11.5 Å². The Bertz CT molecular complexity index is 1180. The summed E-state index contributed by atoms with van der Waals surface area (Å²) < 4.78 is 13.8. The van der Waals surface area contributed by atoms with Crippen LogP contribution in [0.25, 0.3) is 11.0 Å². The molecule has 4 aromatic rings. The maximum absolute atomic E-state index is 11.1. The van der Waals surface area contributed by atoms with Gasteiger partial charge in [-0.05, 0) is 68.1 Å². The molecule has 166 valence electrons. The molecule has 32 heavy (non-hydrogen) atoms. The fraction of sp³-hybridized carbons (Fsp3) is 0.296. The molecule has 5 nitrogen and oxygen atoms in total. The lowest BCUT2D eigenvalue weighted by Gasteiger charge is -2.15. The van der Waals surface area contributed by atoms with E-state index < -0.39 is 6.10 Å². The third kappa shape index (κ3) is 4.63. The maximum Gasteiger partial charge on any atom is 0.161 e. The van der Waals surface area contributed by atoms with E-state index in [1.54, 1.807) is 0 Å². The molecule has 1 atom stereocenters. The minimum atomic E-state index is -0.788. The summed E-state index contributed by atoms with van der Waals surface area (Å²) in [5, 5.41) is 11.1. The Kier molecular flexibility index (Phi) is 6.76. The number of fused-ring (bicyclic) bond motifs is 1. The molecule has 1 unspecified atom stereocenters. The van der Waals surface area contributed by atoms with Crippen LogP contribution in [0.2, 0.25) is 0 Å². The number of benzene rings is 3. The Hall–Kier alpha value is -3.31. The van der Waals surface area contributed by atoms with Gasteiger partial charge in [-0.25, -0.2) is 4.98 Å². The Morgan fingerprint density at radius 1 is 0.906 bits per heavy atom. The first-order valence-corrected chi connectivity index (χ1v) is 11.1. The summed E-state index contributed by atoms with van der Waals surface area (Å²) in [6.45, 7) is 7.98. The lowest BCUT2D eigenvalue weighted by molar-refractivity contribution is 0.203. The number of para-hydroxylation sites is 2. The van der Waals surface area contributed by atoms with Crippen LogP contribution in [0, 0.1) is 13.8 Å². The number of aryl methyl sites for hydroxylation is 3. The van der Waals surface area contributed by atoms with Gasteiger partial charge in [0, 0.05) is 6.54 Å². The number of nitrogens with zero attached hydrogens (tertiary/aromatic N) is 2. The number of imidazole rings is 1. The lowest BCUT2D eigenvalue weighted by Crippen LogP contribution is -2.12. The molecule has 0 saturated carbocycles. The number of ether oxygens (including phenoxy) is 2. The van der Waals surface area contributed by atoms with E-state index in [1.165, 1.54) is 11.1 Å². The van der Waals surface area contributed by atoms with Crippen molar-refractivity contribution in [3.05, 3.63) is 89.2 Å². The molecule has 5 heteroatoms. The van der Waals surface area contributed by atoms with Crippen molar-refractivity contribution in [1.82, 2.24) is 9.55 Å². The average molecular weight is 431 g/mol. The highest BCUT2D eigenvalue weighted by Gasteiger charge is 2.20. The first-order valence-electron chi connectivity index (χ1n) is 11.1. The molecule has 3 aromatic carbocycles. The van der Waals surface area contributed by atoms with Gasteiger partial charge in [-0.1, -0.05) is 42.5 Å². The van der Waals surface area contributed by atoms with Crippen molar-refractivity contribution in [3.63, 3.8) is 0 Å². The van der Waals surface area contributed by atoms with Crippen LogP contribution >= 0.6 is 0 Å². The molecule has 0 aliphatic heterocycles. The fourth-order valence-electron chi connectivity index (χ4n) is 3.88. The van der Waals surface area contributed by atoms with Crippen LogP contribution in [-0.2, 0) is 6.54 Å². The van der Waals surface area contributed by atoms with Crippen molar-refractivity contribution in [1.29, 1.82) is 0 Å². The number of aliphatic hydroxyl groups excluding tert-OH is 1. The molecule has 1 aromatic heterocycles. The van der Waals surface area contributed by atoms with Crippen molar-refractivity contribution < 1.29 is 14.6 Å². The Balaban J connectivity index is 1.57. The van der Waals surface area contributed by atoms with Gasteiger partial charge in [0.25, 0.3) is 0 Å². The minimum Gasteiger partial charge on any atom is -0.490 e. The molecule has 0 bridgehead atoms. The van der Waals surface area contributed by atoms with Crippen molar-refractivity contribution in [2.45, 2.75) is 39.8 Å². The second kappa shape index (κ2) is 9.88. The molecule has 1 heterocycles. The van der Waals surface area contributed by atoms with E-state index in [1.807, 2.05) is 61.5 Å². The quantitative estimate of drug-likeness (QED) is 0.351. The third-order valence-corrected chi connectivity index (χ3v) is 5.69. The van der Waals surface area contributed by atoms with Crippen LogP contribution in [0.3, 0.4) is 0 Å². The van der Waals surface area contributed by atoms with Crippen LogP contribution in [0.4, 0.5) is 0 Å². The predicted octanol–water partition coefficient (Wildman–Crippen LogP) is 5.60. The normalized spacial score (nSPS) is 12.1. The smallest absolute Gasteiger partial charge is 0.161 e. The topological polar surface area (TPSA) is 56.5 Å². The van der Waals surface area contributed by atoms with E-state index in [-0.39, 0.29) is 0 Å². The van der Waals surface area contributed by atoms with Gasteiger partial charge in [-0.3, -0.25) is 0 Å². The van der Waals surface area contributed by atoms with E-state index in [0.717, 1.165) is 34.5 Å². The van der Waals surface area contributed by atoms with Crippen molar-refractivity contribution >= 4 is 11.0 Å². The SMILES string of the molecule is CCOc1ccccc1OCCCn1c(C(O)c2ccccc2)nc2cc(C)c(C)cc21. The van der Waals surface area contributed by atoms with E-state index >= 15 is 0 Å². The van der Waals surface area contributed by atoms with Crippen LogP contribution in [0.15, 0.2) is 66.7 Å². The Labute approximate surface area is 189 Å². The zero-order valence-electron chi connectivity index (χ0n) is 18.9. The molecule has 1 N–H and O–H groups in total. The van der Waals surface area contributed by atoms with Crippen molar-refractivity contribution in [2.24, 2.45) is 0 Å². The summed E-state index contributed by atoms with van der Waals surface area (Å²) in [7, 11) is 0. The summed E-state index contributed by atoms with van der Waals surface area (Å²) in [5.74, 6) is 2.17. The van der Waals surface area contributed by atoms with Gasteiger partial charge in [0.1, 0.15) is 11.9 Å². The van der Waals surface area contributed by atoms with Crippen LogP contribution in [-0.4, -0.2) is 27.9 Å². The van der Waals surface area contributed by atoms with E-state index in [9.17, 15) is 5.11 Å². The molecule has 0 fully saturated rings. The molecule has 0 spiro atoms. The Morgan fingerprint density at radius 3 is 2.28 bits per heavy atom. The number of hydrogen-bond acceptors (Lipinski definition) is 4. The first kappa shape index (κ1) is 21.9. The number of hydrogen-bond donors (Lipinski definition) is 1. The second-order valence-corrected chi connectivity index (χ2v) is 7.94. The van der Waals surface area contributed by atoms with Gasteiger partial charge in [-0.2, -0.15) is 0 Å². The third-order valence-electron chi connectivity index (χ3n) is 5.69. The first-order chi connectivity index (χ1) is 15.6. The van der Waals surface area contributed by atoms with E-state index in [2.05, 4.69) is 30.5 Å². The second-order valence-electron chi connectivity index (χ2n) is 7.94. The molecule has 0 amide bonds. The van der Waals surface area contributed by atoms with E-state index in [4.69, 9.17) is 14.5 Å². The highest BCUT2D eigenvalue weighted by atomic mass is 16.5. The summed E-state index contributed by atoms with van der Waals surface area (Å²) in [6.07, 6.45) is -0.0170. The fourth-order valence-corrected chi connectivity index (χ4v) is 3.88. The van der Waals surface area contributed by atoms with Gasteiger partial charge >= 0.3 is 0 Å². The molecule has 0 saturated heterocycles. The summed E-state index contributed by atoms with van der Waals surface area (Å²) >= 11 is 0. The summed E-state index contributed by atoms with van der Waals surface area (Å²) in [4.78, 5) is 4.82. The van der Waals surface area contributed by atoms with Crippen LogP contribution < -0.4 is 9.47 Å². The minimum absolute atomic E-state index is 0.537. The molecule has 4 rings (SSSR count). The number of rotatable bonds is 9. The van der Waals surface area contributed by atoms with Gasteiger partial charge in [0.2, 0.25) is 0 Å².